The number of carbonyl (C=O) groups excluding carboxylic acids is 1. The van der Waals surface area contributed by atoms with Gasteiger partial charge in [-0.25, -0.2) is 9.97 Å². The molecule has 0 bridgehead atoms. The molecule has 5 rings (SSSR count). The summed E-state index contributed by atoms with van der Waals surface area (Å²) >= 11 is 0. The van der Waals surface area contributed by atoms with E-state index in [4.69, 9.17) is 10.2 Å². The van der Waals surface area contributed by atoms with Crippen molar-refractivity contribution in [2.45, 2.75) is 0 Å². The number of piperazine rings is 1. The van der Waals surface area contributed by atoms with E-state index in [1.165, 1.54) is 12.0 Å². The summed E-state index contributed by atoms with van der Waals surface area (Å²) in [4.78, 5) is 25.1. The fraction of sp³-hybridized carbons (Fsp3) is 0.227. The van der Waals surface area contributed by atoms with Crippen molar-refractivity contribution in [1.82, 2.24) is 19.3 Å². The van der Waals surface area contributed by atoms with Crippen molar-refractivity contribution in [2.75, 3.05) is 43.4 Å². The predicted octanol–water partition coefficient (Wildman–Crippen LogP) is 2.58. The van der Waals surface area contributed by atoms with Crippen LogP contribution in [0, 0.1) is 0 Å². The number of nitrogens with zero attached hydrogens (tertiary/aromatic N) is 5. The van der Waals surface area contributed by atoms with Gasteiger partial charge in [0.05, 0.1) is 11.8 Å². The van der Waals surface area contributed by atoms with E-state index in [9.17, 15) is 4.79 Å². The number of rotatable bonds is 5. The number of furan rings is 1. The summed E-state index contributed by atoms with van der Waals surface area (Å²) in [5.74, 6) is 0.582. The van der Waals surface area contributed by atoms with Gasteiger partial charge in [0.15, 0.2) is 17.2 Å². The molecule has 1 saturated heterocycles. The van der Waals surface area contributed by atoms with Gasteiger partial charge in [0.25, 0.3) is 5.91 Å². The summed E-state index contributed by atoms with van der Waals surface area (Å²) in [6.45, 7) is 4.21. The lowest BCUT2D eigenvalue weighted by molar-refractivity contribution is 0.0999. The summed E-state index contributed by atoms with van der Waals surface area (Å²) in [5.41, 5.74) is 9.11. The van der Waals surface area contributed by atoms with Gasteiger partial charge < -0.3 is 25.3 Å². The van der Waals surface area contributed by atoms with Gasteiger partial charge >= 0.3 is 0 Å². The second kappa shape index (κ2) is 7.77. The maximum Gasteiger partial charge on any atom is 0.251 e. The number of imidazole rings is 1. The van der Waals surface area contributed by atoms with Crippen LogP contribution < -0.4 is 16.0 Å². The van der Waals surface area contributed by atoms with Gasteiger partial charge in [-0.2, -0.15) is 0 Å². The maximum absolute atomic E-state index is 11.4. The van der Waals surface area contributed by atoms with Gasteiger partial charge in [-0.1, -0.05) is 0 Å². The molecule has 1 fully saturated rings. The van der Waals surface area contributed by atoms with Crippen LogP contribution >= 0.6 is 0 Å². The number of amides is 1. The molecule has 9 heteroatoms. The number of carbonyl (C=O) groups is 1. The number of primary amides is 1. The average Bonchev–Trinajstić information content (AvgIpc) is 3.46. The zero-order valence-corrected chi connectivity index (χ0v) is 17.2. The number of anilines is 3. The van der Waals surface area contributed by atoms with Crippen molar-refractivity contribution in [3.8, 4) is 11.5 Å². The Hall–Kier alpha value is -3.85. The van der Waals surface area contributed by atoms with Gasteiger partial charge in [-0.05, 0) is 37.4 Å². The van der Waals surface area contributed by atoms with Gasteiger partial charge in [0.1, 0.15) is 12.0 Å². The number of aromatic nitrogens is 3. The zero-order valence-electron chi connectivity index (χ0n) is 17.2. The Kier molecular flexibility index (Phi) is 4.79. The first-order chi connectivity index (χ1) is 15.1. The Morgan fingerprint density at radius 3 is 2.61 bits per heavy atom. The highest BCUT2D eigenvalue weighted by atomic mass is 16.3. The minimum absolute atomic E-state index is 0.311. The van der Waals surface area contributed by atoms with Crippen LogP contribution in [0.2, 0.25) is 0 Å². The van der Waals surface area contributed by atoms with Crippen LogP contribution in [0.25, 0.3) is 17.1 Å². The molecule has 0 spiro atoms. The minimum Gasteiger partial charge on any atom is -0.462 e. The lowest BCUT2D eigenvalue weighted by Crippen LogP contribution is -2.44. The van der Waals surface area contributed by atoms with E-state index < -0.39 is 5.91 Å². The van der Waals surface area contributed by atoms with Gasteiger partial charge in [-0.15, -0.1) is 0 Å². The predicted molar refractivity (Wildman–Crippen MR) is 119 cm³/mol. The van der Waals surface area contributed by atoms with Crippen LogP contribution in [0.5, 0.6) is 0 Å². The van der Waals surface area contributed by atoms with Gasteiger partial charge in [-0.3, -0.25) is 9.20 Å². The highest BCUT2D eigenvalue weighted by Gasteiger charge is 2.16. The average molecular weight is 417 g/mol. The Bertz CT molecular complexity index is 1220. The Labute approximate surface area is 179 Å². The summed E-state index contributed by atoms with van der Waals surface area (Å²) in [7, 11) is 2.15. The molecule has 1 aromatic carbocycles. The highest BCUT2D eigenvalue weighted by molar-refractivity contribution is 5.93. The fourth-order valence-corrected chi connectivity index (χ4v) is 3.75. The molecule has 1 aliphatic rings. The molecule has 3 N–H and O–H groups in total. The highest BCUT2D eigenvalue weighted by Crippen LogP contribution is 2.27. The topological polar surface area (TPSA) is 105 Å². The minimum atomic E-state index is -0.539. The monoisotopic (exact) mass is 417 g/mol. The smallest absolute Gasteiger partial charge is 0.251 e. The summed E-state index contributed by atoms with van der Waals surface area (Å²) in [6.07, 6.45) is 6.54. The summed E-state index contributed by atoms with van der Waals surface area (Å²) < 4.78 is 7.37. The molecular weight excluding hydrogens is 394 g/mol. The molecule has 0 unspecified atom stereocenters. The number of fused-ring (bicyclic) bond motifs is 1. The van der Waals surface area contributed by atoms with Gasteiger partial charge in [0, 0.05) is 49.9 Å². The quantitative estimate of drug-likeness (QED) is 0.514. The van der Waals surface area contributed by atoms with Crippen molar-refractivity contribution in [3.05, 3.63) is 60.7 Å². The van der Waals surface area contributed by atoms with E-state index in [-0.39, 0.29) is 0 Å². The second-order valence-corrected chi connectivity index (χ2v) is 7.64. The number of nitrogens with two attached hydrogens (primary N) is 1. The van der Waals surface area contributed by atoms with Crippen LogP contribution in [-0.2, 0) is 0 Å². The molecule has 0 atom stereocenters. The van der Waals surface area contributed by atoms with E-state index in [0.29, 0.717) is 28.5 Å². The summed E-state index contributed by atoms with van der Waals surface area (Å²) in [5, 5.41) is 3.35. The van der Waals surface area contributed by atoms with Crippen LogP contribution in [0.15, 0.2) is 59.6 Å². The van der Waals surface area contributed by atoms with Crippen molar-refractivity contribution in [1.29, 1.82) is 0 Å². The first-order valence-corrected chi connectivity index (χ1v) is 10.1. The molecule has 0 saturated carbocycles. The number of hydrogen-bond donors (Lipinski definition) is 2. The third-order valence-corrected chi connectivity index (χ3v) is 5.56. The number of likely N-dealkylation sites (N-methyl/N-ethyl adjacent to an activating group) is 1. The Morgan fingerprint density at radius 2 is 1.90 bits per heavy atom. The molecular formula is C22H23N7O2. The maximum atomic E-state index is 11.4. The SMILES string of the molecule is CN1CCN(c2ccc(Nc3ncc(-c4cc(C(N)=O)co4)n4ccnc34)cc2)CC1. The molecule has 3 aromatic heterocycles. The van der Waals surface area contributed by atoms with E-state index in [1.807, 2.05) is 22.7 Å². The molecule has 158 valence electrons. The van der Waals surface area contributed by atoms with Crippen molar-refractivity contribution in [3.63, 3.8) is 0 Å². The molecule has 4 heterocycles. The van der Waals surface area contributed by atoms with Crippen molar-refractivity contribution < 1.29 is 9.21 Å². The van der Waals surface area contributed by atoms with Crippen molar-refractivity contribution in [2.24, 2.45) is 5.73 Å². The molecule has 31 heavy (non-hydrogen) atoms. The van der Waals surface area contributed by atoms with E-state index in [1.54, 1.807) is 18.5 Å². The number of benzene rings is 1. The first kappa shape index (κ1) is 19.1. The molecule has 1 aliphatic heterocycles. The van der Waals surface area contributed by atoms with Crippen LogP contribution in [-0.4, -0.2) is 58.4 Å². The standard InChI is InChI=1S/C22H23N7O2/c1-27-8-10-28(11-9-27)17-4-2-16(3-5-17)26-21-22-24-6-7-29(22)18(13-25-21)19-12-15(14-31-19)20(23)30/h2-7,12-14H,8-11H2,1H3,(H2,23,30)(H,25,26). The summed E-state index contributed by atoms with van der Waals surface area (Å²) in [6, 6.07) is 9.95. The number of nitrogens with one attached hydrogen (secondary N) is 1. The van der Waals surface area contributed by atoms with E-state index >= 15 is 0 Å². The molecule has 1 amide bonds. The van der Waals surface area contributed by atoms with E-state index in [2.05, 4.69) is 44.3 Å². The van der Waals surface area contributed by atoms with Gasteiger partial charge in [0.2, 0.25) is 0 Å². The van der Waals surface area contributed by atoms with Crippen LogP contribution in [0.1, 0.15) is 10.4 Å². The lowest BCUT2D eigenvalue weighted by atomic mass is 10.2. The van der Waals surface area contributed by atoms with Crippen LogP contribution in [0.3, 0.4) is 0 Å². The lowest BCUT2D eigenvalue weighted by Gasteiger charge is -2.34. The zero-order chi connectivity index (χ0) is 21.4. The Morgan fingerprint density at radius 1 is 1.13 bits per heavy atom. The third kappa shape index (κ3) is 3.71. The van der Waals surface area contributed by atoms with E-state index in [0.717, 1.165) is 31.9 Å². The van der Waals surface area contributed by atoms with Crippen LogP contribution in [0.4, 0.5) is 17.2 Å². The number of hydrogen-bond acceptors (Lipinski definition) is 7. The Balaban J connectivity index is 1.39. The fourth-order valence-electron chi connectivity index (χ4n) is 3.75. The van der Waals surface area contributed by atoms with Crippen molar-refractivity contribution >= 4 is 28.7 Å². The molecule has 0 radical (unpaired) electrons. The molecule has 4 aromatic rings. The first-order valence-electron chi connectivity index (χ1n) is 10.1. The largest absolute Gasteiger partial charge is 0.462 e. The normalized spacial score (nSPS) is 14.8. The molecule has 0 aliphatic carbocycles. The molecule has 9 nitrogen and oxygen atoms in total. The second-order valence-electron chi connectivity index (χ2n) is 7.64. The third-order valence-electron chi connectivity index (χ3n) is 5.56.